The fraction of sp³-hybridized carbons (Fsp3) is 0.235. The van der Waals surface area contributed by atoms with E-state index in [1.54, 1.807) is 42.7 Å². The first kappa shape index (κ1) is 19.4. The van der Waals surface area contributed by atoms with Gasteiger partial charge in [0, 0.05) is 11.4 Å². The lowest BCUT2D eigenvalue weighted by Gasteiger charge is -2.10. The minimum absolute atomic E-state index is 0.0734. The first-order valence-corrected chi connectivity index (χ1v) is 9.88. The number of rotatable bonds is 8. The van der Waals surface area contributed by atoms with Crippen molar-refractivity contribution in [3.8, 4) is 11.6 Å². The molecule has 0 radical (unpaired) electrons. The lowest BCUT2D eigenvalue weighted by atomic mass is 10.3. The van der Waals surface area contributed by atoms with Crippen molar-refractivity contribution in [1.82, 2.24) is 14.8 Å². The van der Waals surface area contributed by atoms with E-state index in [4.69, 9.17) is 4.42 Å². The molecule has 1 aromatic carbocycles. The molecule has 0 saturated heterocycles. The largest absolute Gasteiger partial charge is 0.461 e. The maximum absolute atomic E-state index is 12.6. The van der Waals surface area contributed by atoms with Crippen molar-refractivity contribution in [1.29, 1.82) is 0 Å². The highest BCUT2D eigenvalue weighted by Gasteiger charge is 2.17. The lowest BCUT2D eigenvalue weighted by molar-refractivity contribution is -0.113. The number of amides is 1. The Bertz CT molecular complexity index is 900. The summed E-state index contributed by atoms with van der Waals surface area (Å²) in [7, 11) is 0. The average Bonchev–Trinajstić information content (AvgIpc) is 3.30. The van der Waals surface area contributed by atoms with Crippen molar-refractivity contribution >= 4 is 35.1 Å². The number of aromatic nitrogens is 3. The van der Waals surface area contributed by atoms with E-state index in [2.05, 4.69) is 15.5 Å². The standard InChI is InChI=1S/C17H16F2N4O2S2/c1-2-23-15(12-7-5-9-25-12)21-22-17(23)26-10-14(24)20-11-6-3-4-8-13(11)27-16(18)19/h3-9,16H,2,10H2,1H3,(H,20,24). The van der Waals surface area contributed by atoms with Gasteiger partial charge in [0.1, 0.15) is 0 Å². The maximum Gasteiger partial charge on any atom is 0.288 e. The molecule has 1 amide bonds. The Morgan fingerprint density at radius 1 is 1.26 bits per heavy atom. The Morgan fingerprint density at radius 2 is 2.07 bits per heavy atom. The number of carbonyl (C=O) groups is 1. The third-order valence-corrected chi connectivity index (χ3v) is 5.24. The Balaban J connectivity index is 1.65. The van der Waals surface area contributed by atoms with Crippen molar-refractivity contribution in [3.05, 3.63) is 42.7 Å². The summed E-state index contributed by atoms with van der Waals surface area (Å²) >= 11 is 1.62. The number of benzene rings is 1. The topological polar surface area (TPSA) is 73.0 Å². The summed E-state index contributed by atoms with van der Waals surface area (Å²) in [4.78, 5) is 12.6. The van der Waals surface area contributed by atoms with Crippen molar-refractivity contribution in [3.63, 3.8) is 0 Å². The summed E-state index contributed by atoms with van der Waals surface area (Å²) in [5.74, 6) is -1.61. The number of halogens is 2. The maximum atomic E-state index is 12.6. The number of hydrogen-bond donors (Lipinski definition) is 1. The molecule has 0 spiro atoms. The predicted molar refractivity (Wildman–Crippen MR) is 101 cm³/mol. The van der Waals surface area contributed by atoms with Crippen LogP contribution in [0.15, 0.2) is 57.1 Å². The van der Waals surface area contributed by atoms with Gasteiger partial charge >= 0.3 is 0 Å². The molecule has 0 aliphatic heterocycles. The minimum atomic E-state index is -2.56. The van der Waals surface area contributed by atoms with Crippen LogP contribution >= 0.6 is 23.5 Å². The van der Waals surface area contributed by atoms with Gasteiger partial charge in [0.25, 0.3) is 5.76 Å². The Morgan fingerprint density at radius 3 is 2.78 bits per heavy atom. The third-order valence-electron chi connectivity index (χ3n) is 3.48. The molecule has 0 saturated carbocycles. The highest BCUT2D eigenvalue weighted by Crippen LogP contribution is 2.32. The quantitative estimate of drug-likeness (QED) is 0.547. The first-order valence-electron chi connectivity index (χ1n) is 8.02. The van der Waals surface area contributed by atoms with Gasteiger partial charge in [-0.2, -0.15) is 8.78 Å². The molecule has 142 valence electrons. The molecule has 0 atom stereocenters. The fourth-order valence-corrected chi connectivity index (χ4v) is 3.75. The van der Waals surface area contributed by atoms with E-state index >= 15 is 0 Å². The summed E-state index contributed by atoms with van der Waals surface area (Å²) in [5, 5.41) is 11.5. The highest BCUT2D eigenvalue weighted by atomic mass is 32.2. The van der Waals surface area contributed by atoms with Crippen molar-refractivity contribution in [2.75, 3.05) is 11.1 Å². The van der Waals surface area contributed by atoms with Gasteiger partial charge in [-0.1, -0.05) is 35.7 Å². The van der Waals surface area contributed by atoms with Gasteiger partial charge in [-0.25, -0.2) is 0 Å². The van der Waals surface area contributed by atoms with Crippen LogP contribution in [0.4, 0.5) is 14.5 Å². The van der Waals surface area contributed by atoms with Gasteiger partial charge in [-0.3, -0.25) is 9.36 Å². The van der Waals surface area contributed by atoms with Crippen molar-refractivity contribution in [2.45, 2.75) is 29.3 Å². The van der Waals surface area contributed by atoms with Gasteiger partial charge in [0.05, 0.1) is 17.7 Å². The number of thioether (sulfide) groups is 2. The normalized spacial score (nSPS) is 11.1. The average molecular weight is 410 g/mol. The zero-order chi connectivity index (χ0) is 19.2. The van der Waals surface area contributed by atoms with Crippen LogP contribution in [0.25, 0.3) is 11.6 Å². The molecule has 0 fully saturated rings. The lowest BCUT2D eigenvalue weighted by Crippen LogP contribution is -2.15. The molecular weight excluding hydrogens is 394 g/mol. The molecule has 6 nitrogen and oxygen atoms in total. The van der Waals surface area contributed by atoms with E-state index in [0.717, 1.165) is 0 Å². The second-order valence-electron chi connectivity index (χ2n) is 5.24. The van der Waals surface area contributed by atoms with E-state index in [9.17, 15) is 13.6 Å². The molecule has 0 unspecified atom stereocenters. The van der Waals surface area contributed by atoms with E-state index in [1.165, 1.54) is 11.8 Å². The number of anilines is 1. The molecule has 3 aromatic rings. The molecular formula is C17H16F2N4O2S2. The monoisotopic (exact) mass is 410 g/mol. The van der Waals surface area contributed by atoms with Gasteiger partial charge < -0.3 is 9.73 Å². The third kappa shape index (κ3) is 4.89. The van der Waals surface area contributed by atoms with Crippen LogP contribution in [-0.4, -0.2) is 32.2 Å². The fourth-order valence-electron chi connectivity index (χ4n) is 2.35. The number of hydrogen-bond acceptors (Lipinski definition) is 6. The Hall–Kier alpha value is -2.33. The van der Waals surface area contributed by atoms with Crippen LogP contribution in [-0.2, 0) is 11.3 Å². The summed E-state index contributed by atoms with van der Waals surface area (Å²) in [6, 6.07) is 10.0. The number of nitrogens with one attached hydrogen (secondary N) is 1. The zero-order valence-electron chi connectivity index (χ0n) is 14.3. The molecule has 10 heteroatoms. The number of para-hydroxylation sites is 1. The van der Waals surface area contributed by atoms with Crippen LogP contribution in [0.2, 0.25) is 0 Å². The number of carbonyl (C=O) groups excluding carboxylic acids is 1. The van der Waals surface area contributed by atoms with Gasteiger partial charge in [-0.05, 0) is 31.2 Å². The Labute approximate surface area is 162 Å². The van der Waals surface area contributed by atoms with Crippen molar-refractivity contribution in [2.24, 2.45) is 0 Å². The summed E-state index contributed by atoms with van der Waals surface area (Å²) in [5.41, 5.74) is 0.363. The highest BCUT2D eigenvalue weighted by molar-refractivity contribution is 8.00. The van der Waals surface area contributed by atoms with Crippen molar-refractivity contribution < 1.29 is 18.0 Å². The Kier molecular flexibility index (Phi) is 6.51. The molecule has 3 rings (SSSR count). The minimum Gasteiger partial charge on any atom is -0.461 e. The van der Waals surface area contributed by atoms with Crippen LogP contribution < -0.4 is 5.32 Å². The molecule has 0 aliphatic rings. The van der Waals surface area contributed by atoms with E-state index < -0.39 is 5.76 Å². The van der Waals surface area contributed by atoms with Crippen LogP contribution in [0.1, 0.15) is 6.92 Å². The zero-order valence-corrected chi connectivity index (χ0v) is 15.9. The molecule has 2 aromatic heterocycles. The molecule has 1 N–H and O–H groups in total. The van der Waals surface area contributed by atoms with E-state index in [-0.39, 0.29) is 11.7 Å². The van der Waals surface area contributed by atoms with Gasteiger partial charge in [-0.15, -0.1) is 10.2 Å². The van der Waals surface area contributed by atoms with E-state index in [0.29, 0.717) is 45.6 Å². The molecule has 27 heavy (non-hydrogen) atoms. The predicted octanol–water partition coefficient (Wildman–Crippen LogP) is 4.60. The summed E-state index contributed by atoms with van der Waals surface area (Å²) in [6.45, 7) is 2.55. The molecule has 0 bridgehead atoms. The smallest absolute Gasteiger partial charge is 0.288 e. The van der Waals surface area contributed by atoms with Gasteiger partial charge in [0.2, 0.25) is 5.91 Å². The van der Waals surface area contributed by atoms with Crippen LogP contribution in [0.3, 0.4) is 0 Å². The number of furan rings is 1. The SMILES string of the molecule is CCn1c(SCC(=O)Nc2ccccc2SC(F)F)nnc1-c1ccco1. The second-order valence-corrected chi connectivity index (χ2v) is 7.21. The van der Waals surface area contributed by atoms with E-state index in [1.807, 2.05) is 11.5 Å². The van der Waals surface area contributed by atoms with Crippen LogP contribution in [0.5, 0.6) is 0 Å². The summed E-state index contributed by atoms with van der Waals surface area (Å²) < 4.78 is 32.5. The van der Waals surface area contributed by atoms with Crippen LogP contribution in [0, 0.1) is 0 Å². The summed E-state index contributed by atoms with van der Waals surface area (Å²) in [6.07, 6.45) is 1.55. The number of nitrogens with zero attached hydrogens (tertiary/aromatic N) is 3. The molecule has 0 aliphatic carbocycles. The number of alkyl halides is 2. The van der Waals surface area contributed by atoms with Gasteiger partial charge in [0.15, 0.2) is 16.7 Å². The molecule has 2 heterocycles. The second kappa shape index (κ2) is 9.05. The first-order chi connectivity index (χ1) is 13.1.